The molecule has 1 fully saturated rings. The highest BCUT2D eigenvalue weighted by Crippen LogP contribution is 2.24. The van der Waals surface area contributed by atoms with Gasteiger partial charge in [0.2, 0.25) is 5.91 Å². The van der Waals surface area contributed by atoms with E-state index in [2.05, 4.69) is 12.2 Å². The van der Waals surface area contributed by atoms with Gasteiger partial charge in [0, 0.05) is 6.04 Å². The van der Waals surface area contributed by atoms with Gasteiger partial charge < -0.3 is 10.1 Å². The molecule has 3 heteroatoms. The van der Waals surface area contributed by atoms with Crippen molar-refractivity contribution >= 4 is 5.91 Å². The molecule has 2 unspecified atom stereocenters. The molecule has 1 N–H and O–H groups in total. The molecule has 0 bridgehead atoms. The van der Waals surface area contributed by atoms with E-state index in [1.807, 2.05) is 30.3 Å². The number of carbonyl (C=O) groups is 1. The second kappa shape index (κ2) is 6.55. The monoisotopic (exact) mass is 247 g/mol. The highest BCUT2D eigenvalue weighted by molar-refractivity contribution is 5.77. The highest BCUT2D eigenvalue weighted by Gasteiger charge is 2.22. The molecule has 0 radical (unpaired) electrons. The minimum atomic E-state index is 0.00466. The first-order chi connectivity index (χ1) is 8.74. The third kappa shape index (κ3) is 4.15. The van der Waals surface area contributed by atoms with Gasteiger partial charge in [0.1, 0.15) is 6.61 Å². The van der Waals surface area contributed by atoms with E-state index in [9.17, 15) is 4.79 Å². The minimum Gasteiger partial charge on any atom is -0.367 e. The largest absolute Gasteiger partial charge is 0.367 e. The molecule has 0 aliphatic heterocycles. The zero-order valence-electron chi connectivity index (χ0n) is 10.9. The Balaban J connectivity index is 1.63. The number of rotatable bonds is 5. The fraction of sp³-hybridized carbons (Fsp3) is 0.533. The molecule has 1 aromatic rings. The minimum absolute atomic E-state index is 0.00466. The van der Waals surface area contributed by atoms with Gasteiger partial charge in [0.05, 0.1) is 6.61 Å². The van der Waals surface area contributed by atoms with E-state index >= 15 is 0 Å². The van der Waals surface area contributed by atoms with Gasteiger partial charge >= 0.3 is 0 Å². The highest BCUT2D eigenvalue weighted by atomic mass is 16.5. The van der Waals surface area contributed by atoms with Gasteiger partial charge in [-0.05, 0) is 30.7 Å². The Morgan fingerprint density at radius 3 is 2.78 bits per heavy atom. The Morgan fingerprint density at radius 2 is 2.11 bits per heavy atom. The number of hydrogen-bond acceptors (Lipinski definition) is 2. The lowest BCUT2D eigenvalue weighted by molar-refractivity contribution is -0.126. The summed E-state index contributed by atoms with van der Waals surface area (Å²) in [6.45, 7) is 2.88. The average molecular weight is 247 g/mol. The van der Waals surface area contributed by atoms with Gasteiger partial charge in [-0.2, -0.15) is 0 Å². The number of amides is 1. The lowest BCUT2D eigenvalue weighted by Gasteiger charge is -2.12. The molecule has 1 aromatic carbocycles. The predicted molar refractivity (Wildman–Crippen MR) is 71.0 cm³/mol. The molecule has 1 saturated carbocycles. The molecule has 0 spiro atoms. The molecule has 0 heterocycles. The maximum absolute atomic E-state index is 11.7. The van der Waals surface area contributed by atoms with Gasteiger partial charge in [0.25, 0.3) is 0 Å². The fourth-order valence-corrected chi connectivity index (χ4v) is 2.44. The van der Waals surface area contributed by atoms with E-state index in [1.54, 1.807) is 0 Å². The molecular weight excluding hydrogens is 226 g/mol. The van der Waals surface area contributed by atoms with Crippen LogP contribution in [0.15, 0.2) is 30.3 Å². The van der Waals surface area contributed by atoms with E-state index < -0.39 is 0 Å². The van der Waals surface area contributed by atoms with Gasteiger partial charge in [-0.1, -0.05) is 37.3 Å². The molecule has 0 aromatic heterocycles. The third-order valence-corrected chi connectivity index (χ3v) is 3.40. The summed E-state index contributed by atoms with van der Waals surface area (Å²) in [5.74, 6) is 0.741. The van der Waals surface area contributed by atoms with Crippen LogP contribution in [0, 0.1) is 5.92 Å². The standard InChI is InChI=1S/C15H21NO2/c1-12-7-8-14(9-12)16-15(17)11-18-10-13-5-3-2-4-6-13/h2-6,12,14H,7-11H2,1H3,(H,16,17). The third-order valence-electron chi connectivity index (χ3n) is 3.40. The van der Waals surface area contributed by atoms with Crippen LogP contribution in [0.5, 0.6) is 0 Å². The summed E-state index contributed by atoms with van der Waals surface area (Å²) in [6, 6.07) is 10.3. The van der Waals surface area contributed by atoms with E-state index in [-0.39, 0.29) is 12.5 Å². The van der Waals surface area contributed by atoms with Crippen molar-refractivity contribution in [1.82, 2.24) is 5.32 Å². The van der Waals surface area contributed by atoms with E-state index in [0.717, 1.165) is 24.3 Å². The number of benzene rings is 1. The molecule has 0 saturated heterocycles. The Bertz CT molecular complexity index is 377. The van der Waals surface area contributed by atoms with Crippen molar-refractivity contribution in [2.75, 3.05) is 6.61 Å². The molecule has 18 heavy (non-hydrogen) atoms. The van der Waals surface area contributed by atoms with Gasteiger partial charge in [-0.15, -0.1) is 0 Å². The van der Waals surface area contributed by atoms with E-state index in [1.165, 1.54) is 6.42 Å². The van der Waals surface area contributed by atoms with Crippen LogP contribution >= 0.6 is 0 Å². The quantitative estimate of drug-likeness (QED) is 0.868. The smallest absolute Gasteiger partial charge is 0.246 e. The molecular formula is C15H21NO2. The van der Waals surface area contributed by atoms with E-state index in [4.69, 9.17) is 4.74 Å². The van der Waals surface area contributed by atoms with Crippen molar-refractivity contribution in [2.45, 2.75) is 38.8 Å². The zero-order valence-corrected chi connectivity index (χ0v) is 10.9. The van der Waals surface area contributed by atoms with Crippen LogP contribution in [0.1, 0.15) is 31.7 Å². The molecule has 98 valence electrons. The van der Waals surface area contributed by atoms with Crippen molar-refractivity contribution in [3.63, 3.8) is 0 Å². The average Bonchev–Trinajstić information content (AvgIpc) is 2.76. The van der Waals surface area contributed by atoms with Crippen molar-refractivity contribution in [3.05, 3.63) is 35.9 Å². The summed E-state index contributed by atoms with van der Waals surface area (Å²) < 4.78 is 5.41. The predicted octanol–water partition coefficient (Wildman–Crippen LogP) is 2.51. The maximum Gasteiger partial charge on any atom is 0.246 e. The molecule has 1 aliphatic rings. The van der Waals surface area contributed by atoms with Crippen molar-refractivity contribution < 1.29 is 9.53 Å². The van der Waals surface area contributed by atoms with Crippen LogP contribution in [-0.2, 0) is 16.1 Å². The summed E-state index contributed by atoms with van der Waals surface area (Å²) in [7, 11) is 0. The number of ether oxygens (including phenoxy) is 1. The Morgan fingerprint density at radius 1 is 1.33 bits per heavy atom. The number of nitrogens with one attached hydrogen (secondary N) is 1. The first kappa shape index (κ1) is 13.1. The summed E-state index contributed by atoms with van der Waals surface area (Å²) in [5, 5.41) is 3.03. The van der Waals surface area contributed by atoms with Crippen LogP contribution in [0.2, 0.25) is 0 Å². The van der Waals surface area contributed by atoms with Crippen molar-refractivity contribution in [3.8, 4) is 0 Å². The van der Waals surface area contributed by atoms with Crippen molar-refractivity contribution in [2.24, 2.45) is 5.92 Å². The topological polar surface area (TPSA) is 38.3 Å². The van der Waals surface area contributed by atoms with Crippen LogP contribution < -0.4 is 5.32 Å². The molecule has 1 aliphatic carbocycles. The fourth-order valence-electron chi connectivity index (χ4n) is 2.44. The summed E-state index contributed by atoms with van der Waals surface area (Å²) in [6.07, 6.45) is 3.42. The SMILES string of the molecule is CC1CCC(NC(=O)COCc2ccccc2)C1. The van der Waals surface area contributed by atoms with Crippen LogP contribution in [0.3, 0.4) is 0 Å². The number of hydrogen-bond donors (Lipinski definition) is 1. The molecule has 3 nitrogen and oxygen atoms in total. The van der Waals surface area contributed by atoms with Crippen LogP contribution in [0.25, 0.3) is 0 Å². The second-order valence-corrected chi connectivity index (χ2v) is 5.16. The van der Waals surface area contributed by atoms with Gasteiger partial charge in [-0.25, -0.2) is 0 Å². The van der Waals surface area contributed by atoms with E-state index in [0.29, 0.717) is 12.6 Å². The van der Waals surface area contributed by atoms with Gasteiger partial charge in [0.15, 0.2) is 0 Å². The Kier molecular flexibility index (Phi) is 4.76. The Hall–Kier alpha value is -1.35. The van der Waals surface area contributed by atoms with Crippen LogP contribution in [0.4, 0.5) is 0 Å². The van der Waals surface area contributed by atoms with Crippen molar-refractivity contribution in [1.29, 1.82) is 0 Å². The number of carbonyl (C=O) groups excluding carboxylic acids is 1. The summed E-state index contributed by atoms with van der Waals surface area (Å²) in [4.78, 5) is 11.7. The zero-order chi connectivity index (χ0) is 12.8. The normalized spacial score (nSPS) is 22.9. The lowest BCUT2D eigenvalue weighted by atomic mass is 10.1. The lowest BCUT2D eigenvalue weighted by Crippen LogP contribution is -2.35. The first-order valence-electron chi connectivity index (χ1n) is 6.65. The molecule has 2 rings (SSSR count). The first-order valence-corrected chi connectivity index (χ1v) is 6.65. The summed E-state index contributed by atoms with van der Waals surface area (Å²) >= 11 is 0. The Labute approximate surface area is 109 Å². The molecule has 1 amide bonds. The van der Waals surface area contributed by atoms with Gasteiger partial charge in [-0.3, -0.25) is 4.79 Å². The summed E-state index contributed by atoms with van der Waals surface area (Å²) in [5.41, 5.74) is 1.10. The maximum atomic E-state index is 11.7. The molecule has 2 atom stereocenters. The van der Waals surface area contributed by atoms with Crippen LogP contribution in [-0.4, -0.2) is 18.6 Å². The second-order valence-electron chi connectivity index (χ2n) is 5.16.